The predicted molar refractivity (Wildman–Crippen MR) is 173 cm³/mol. The van der Waals surface area contributed by atoms with E-state index in [0.29, 0.717) is 65.8 Å². The largest absolute Gasteiger partial charge is 0.493 e. The van der Waals surface area contributed by atoms with Crippen molar-refractivity contribution in [1.82, 2.24) is 20.5 Å². The maximum absolute atomic E-state index is 13.8. The van der Waals surface area contributed by atoms with Crippen LogP contribution in [0, 0.1) is 11.8 Å². The number of methoxy groups -OCH3 is 3. The lowest BCUT2D eigenvalue weighted by molar-refractivity contribution is -0.120. The molecule has 0 unspecified atom stereocenters. The van der Waals surface area contributed by atoms with Crippen LogP contribution in [0.25, 0.3) is 11.1 Å². The number of benzene rings is 1. The van der Waals surface area contributed by atoms with E-state index in [-0.39, 0.29) is 34.8 Å². The van der Waals surface area contributed by atoms with E-state index in [1.165, 1.54) is 20.1 Å². The smallest absolute Gasteiger partial charge is 0.249 e. The molecule has 2 amide bonds. The lowest BCUT2D eigenvalue weighted by Crippen LogP contribution is -2.41. The van der Waals surface area contributed by atoms with Crippen LogP contribution in [0.15, 0.2) is 29.1 Å². The summed E-state index contributed by atoms with van der Waals surface area (Å²) in [5, 5.41) is 16.0. The average molecular weight is 621 g/mol. The minimum absolute atomic E-state index is 0.133. The Morgan fingerprint density at radius 3 is 2.42 bits per heavy atom. The zero-order chi connectivity index (χ0) is 32.8. The van der Waals surface area contributed by atoms with Gasteiger partial charge in [0, 0.05) is 18.9 Å². The molecule has 0 saturated heterocycles. The van der Waals surface area contributed by atoms with Gasteiger partial charge < -0.3 is 24.8 Å². The number of nitrogens with one attached hydrogen (secondary N) is 4. The van der Waals surface area contributed by atoms with Crippen LogP contribution in [0.2, 0.25) is 0 Å². The van der Waals surface area contributed by atoms with Crippen LogP contribution >= 0.6 is 0 Å². The van der Waals surface area contributed by atoms with E-state index in [4.69, 9.17) is 14.2 Å². The number of hydrogen-bond acceptors (Lipinski definition) is 9. The molecule has 0 saturated carbocycles. The van der Waals surface area contributed by atoms with Gasteiger partial charge in [-0.25, -0.2) is 0 Å². The van der Waals surface area contributed by atoms with Gasteiger partial charge in [-0.1, -0.05) is 40.2 Å². The molecule has 0 spiro atoms. The first-order valence-corrected chi connectivity index (χ1v) is 15.3. The van der Waals surface area contributed by atoms with E-state index in [2.05, 4.69) is 45.0 Å². The molecular weight excluding hydrogens is 576 g/mol. The molecule has 12 nitrogen and oxygen atoms in total. The summed E-state index contributed by atoms with van der Waals surface area (Å²) in [6.07, 6.45) is 2.51. The van der Waals surface area contributed by atoms with Crippen LogP contribution in [0.3, 0.4) is 0 Å². The van der Waals surface area contributed by atoms with Gasteiger partial charge in [-0.15, -0.1) is 5.10 Å². The molecule has 4 rings (SSSR count). The van der Waals surface area contributed by atoms with Crippen LogP contribution in [-0.2, 0) is 22.4 Å². The van der Waals surface area contributed by atoms with Crippen LogP contribution in [0.1, 0.15) is 70.5 Å². The molecule has 1 aliphatic rings. The van der Waals surface area contributed by atoms with Crippen LogP contribution in [0.5, 0.6) is 17.2 Å². The molecule has 0 aliphatic heterocycles. The first kappa shape index (κ1) is 33.3. The molecule has 3 atom stereocenters. The lowest BCUT2D eigenvalue weighted by atomic mass is 9.95. The van der Waals surface area contributed by atoms with Gasteiger partial charge in [0.2, 0.25) is 28.9 Å². The summed E-state index contributed by atoms with van der Waals surface area (Å²) >= 11 is 0. The molecule has 12 heteroatoms. The Labute approximate surface area is 263 Å². The van der Waals surface area contributed by atoms with Crippen molar-refractivity contribution in [2.75, 3.05) is 32.0 Å². The van der Waals surface area contributed by atoms with E-state index in [0.717, 1.165) is 11.1 Å². The molecule has 2 aromatic carbocycles. The number of rotatable bonds is 12. The Bertz CT molecular complexity index is 1600. The Kier molecular flexibility index (Phi) is 10.7. The molecule has 1 heterocycles. The summed E-state index contributed by atoms with van der Waals surface area (Å²) in [5.74, 6) is 1.95. The van der Waals surface area contributed by atoms with E-state index in [9.17, 15) is 14.4 Å². The fourth-order valence-electron chi connectivity index (χ4n) is 5.71. The van der Waals surface area contributed by atoms with Gasteiger partial charge in [0.05, 0.1) is 33.1 Å². The summed E-state index contributed by atoms with van der Waals surface area (Å²) in [6.45, 7) is 9.52. The highest BCUT2D eigenvalue weighted by molar-refractivity contribution is 5.95. The molecule has 242 valence electrons. The second-order valence-corrected chi connectivity index (χ2v) is 11.8. The number of aromatic amines is 1. The van der Waals surface area contributed by atoms with Gasteiger partial charge in [0.15, 0.2) is 11.5 Å². The lowest BCUT2D eigenvalue weighted by Gasteiger charge is -2.23. The number of aryl methyl sites for hydroxylation is 1. The average Bonchev–Trinajstić information content (AvgIpc) is 3.30. The van der Waals surface area contributed by atoms with Gasteiger partial charge in [-0.3, -0.25) is 24.8 Å². The summed E-state index contributed by atoms with van der Waals surface area (Å²) in [6, 6.07) is 5.73. The highest BCUT2D eigenvalue weighted by Crippen LogP contribution is 2.50. The van der Waals surface area contributed by atoms with Crippen LogP contribution < -0.4 is 35.6 Å². The van der Waals surface area contributed by atoms with Crippen molar-refractivity contribution in [1.29, 1.82) is 0 Å². The number of aromatic nitrogens is 3. The Balaban J connectivity index is 1.81. The van der Waals surface area contributed by atoms with Crippen LogP contribution in [-0.4, -0.2) is 54.4 Å². The van der Waals surface area contributed by atoms with E-state index >= 15 is 0 Å². The van der Waals surface area contributed by atoms with E-state index in [1.807, 2.05) is 26.0 Å². The number of nitrogens with zero attached hydrogens (tertiary/aromatic N) is 2. The fourth-order valence-corrected chi connectivity index (χ4v) is 5.71. The standard InChI is InChI=1S/C33H44N6O6/c1-9-18(4)29(32(42)37-33-36-27(38-39-33)14-17(2)3)35-24-13-11-21-22(16-25(24)41)23(34-19(5)40)12-10-20-15-26(43-6)30(44-7)31(45-8)28(20)21/h11,13,15-18,23,29H,9-10,12,14H2,1-8H3,(H,34,40)(H,35,41)(H2,36,37,38,39,42)/t18-,23+,29+/m1/s1. The minimum atomic E-state index is -0.755. The topological polar surface area (TPSA) is 157 Å². The molecular formula is C33H44N6O6. The van der Waals surface area contributed by atoms with Crippen molar-refractivity contribution in [3.05, 3.63) is 51.4 Å². The monoisotopic (exact) mass is 620 g/mol. The Hall–Kier alpha value is -4.61. The summed E-state index contributed by atoms with van der Waals surface area (Å²) in [7, 11) is 4.65. The summed E-state index contributed by atoms with van der Waals surface area (Å²) in [5.41, 5.74) is 2.92. The third kappa shape index (κ3) is 7.38. The van der Waals surface area contributed by atoms with Gasteiger partial charge in [0.1, 0.15) is 11.9 Å². The second-order valence-electron chi connectivity index (χ2n) is 11.8. The SMILES string of the molecule is CC[C@@H](C)[C@H](Nc1ccc2c(cc1=O)[C@@H](NC(C)=O)CCc1cc(OC)c(OC)c(OC)c1-2)C(=O)Nc1n[nH]c(CC(C)C)n1. The van der Waals surface area contributed by atoms with Gasteiger partial charge in [-0.2, -0.15) is 4.98 Å². The number of H-pyrrole nitrogens is 1. The van der Waals surface area contributed by atoms with Gasteiger partial charge in [-0.05, 0) is 59.6 Å². The second kappa shape index (κ2) is 14.4. The highest BCUT2D eigenvalue weighted by Gasteiger charge is 2.30. The maximum atomic E-state index is 13.8. The van der Waals surface area contributed by atoms with Gasteiger partial charge in [0.25, 0.3) is 0 Å². The third-order valence-electron chi connectivity index (χ3n) is 8.09. The predicted octanol–water partition coefficient (Wildman–Crippen LogP) is 4.64. The number of anilines is 2. The molecule has 3 aromatic rings. The number of amides is 2. The normalized spacial score (nSPS) is 15.2. The summed E-state index contributed by atoms with van der Waals surface area (Å²) < 4.78 is 17.1. The number of fused-ring (bicyclic) bond motifs is 3. The van der Waals surface area contributed by atoms with Crippen molar-refractivity contribution in [2.24, 2.45) is 11.8 Å². The third-order valence-corrected chi connectivity index (χ3v) is 8.09. The summed E-state index contributed by atoms with van der Waals surface area (Å²) in [4.78, 5) is 44.0. The Morgan fingerprint density at radius 2 is 1.80 bits per heavy atom. The van der Waals surface area contributed by atoms with Crippen LogP contribution in [0.4, 0.5) is 11.6 Å². The number of hydrogen-bond donors (Lipinski definition) is 4. The van der Waals surface area contributed by atoms with Crippen molar-refractivity contribution >= 4 is 23.5 Å². The molecule has 0 bridgehead atoms. The van der Waals surface area contributed by atoms with Crippen molar-refractivity contribution in [2.45, 2.75) is 72.4 Å². The fraction of sp³-hybridized carbons (Fsp3) is 0.485. The van der Waals surface area contributed by atoms with E-state index in [1.54, 1.807) is 20.3 Å². The quantitative estimate of drug-likeness (QED) is 0.226. The number of carbonyl (C=O) groups is 2. The molecule has 0 fully saturated rings. The maximum Gasteiger partial charge on any atom is 0.249 e. The zero-order valence-corrected chi connectivity index (χ0v) is 27.3. The Morgan fingerprint density at radius 1 is 1.07 bits per heavy atom. The van der Waals surface area contributed by atoms with Crippen molar-refractivity contribution < 1.29 is 23.8 Å². The number of carbonyl (C=O) groups excluding carboxylic acids is 2. The van der Waals surface area contributed by atoms with E-state index < -0.39 is 12.1 Å². The van der Waals surface area contributed by atoms with Crippen molar-refractivity contribution in [3.63, 3.8) is 0 Å². The molecule has 4 N–H and O–H groups in total. The number of ether oxygens (including phenoxy) is 3. The molecule has 0 radical (unpaired) electrons. The first-order chi connectivity index (χ1) is 21.5. The molecule has 45 heavy (non-hydrogen) atoms. The zero-order valence-electron chi connectivity index (χ0n) is 27.3. The van der Waals surface area contributed by atoms with Crippen molar-refractivity contribution in [3.8, 4) is 28.4 Å². The van der Waals surface area contributed by atoms with Gasteiger partial charge >= 0.3 is 0 Å². The molecule has 1 aromatic heterocycles. The highest BCUT2D eigenvalue weighted by atomic mass is 16.5. The first-order valence-electron chi connectivity index (χ1n) is 15.3. The molecule has 1 aliphatic carbocycles. The minimum Gasteiger partial charge on any atom is -0.493 e.